The zero-order valence-electron chi connectivity index (χ0n) is 16.9. The van der Waals surface area contributed by atoms with Gasteiger partial charge in [-0.1, -0.05) is 12.1 Å². The first-order valence-electron chi connectivity index (χ1n) is 9.50. The number of benzene rings is 2. The standard InChI is InChI=1S/C23H21FN2O3S/c1-13(21-14(2)26-23(30-21)15-7-9-18(24)10-8-15)25-22(27)17-11-16-5-4-6-19(28-3)20(16)29-12-17/h4-11,13H,12H2,1-3H3,(H,25,27)/t13-/m1/s1. The first-order chi connectivity index (χ1) is 14.5. The zero-order chi connectivity index (χ0) is 21.3. The van der Waals surface area contributed by atoms with E-state index >= 15 is 0 Å². The maximum Gasteiger partial charge on any atom is 0.251 e. The maximum absolute atomic E-state index is 13.2. The fraction of sp³-hybridized carbons (Fsp3) is 0.217. The maximum atomic E-state index is 13.2. The number of thiazole rings is 1. The molecule has 0 saturated heterocycles. The smallest absolute Gasteiger partial charge is 0.251 e. The van der Waals surface area contributed by atoms with Crippen molar-refractivity contribution in [3.05, 3.63) is 70.0 Å². The Morgan fingerprint density at radius 3 is 2.77 bits per heavy atom. The third-order valence-corrected chi connectivity index (χ3v) is 6.28. The molecule has 2 heterocycles. The summed E-state index contributed by atoms with van der Waals surface area (Å²) in [5, 5.41) is 3.83. The number of para-hydroxylation sites is 1. The Balaban J connectivity index is 1.51. The molecule has 7 heteroatoms. The van der Waals surface area contributed by atoms with E-state index in [1.165, 1.54) is 23.5 Å². The van der Waals surface area contributed by atoms with Crippen molar-refractivity contribution in [3.8, 4) is 22.1 Å². The van der Waals surface area contributed by atoms with Gasteiger partial charge in [0, 0.05) is 11.1 Å². The number of rotatable bonds is 5. The molecule has 0 unspecified atom stereocenters. The average molecular weight is 424 g/mol. The number of hydrogen-bond acceptors (Lipinski definition) is 5. The van der Waals surface area contributed by atoms with E-state index in [-0.39, 0.29) is 24.4 Å². The van der Waals surface area contributed by atoms with Crippen LogP contribution in [0.4, 0.5) is 4.39 Å². The first-order valence-corrected chi connectivity index (χ1v) is 10.3. The second-order valence-corrected chi connectivity index (χ2v) is 8.04. The molecule has 0 bridgehead atoms. The molecule has 0 fully saturated rings. The lowest BCUT2D eigenvalue weighted by Gasteiger charge is -2.21. The number of carbonyl (C=O) groups excluding carboxylic acids is 1. The highest BCUT2D eigenvalue weighted by atomic mass is 32.1. The summed E-state index contributed by atoms with van der Waals surface area (Å²) in [6.07, 6.45) is 1.83. The third-order valence-electron chi connectivity index (χ3n) is 4.89. The van der Waals surface area contributed by atoms with Gasteiger partial charge in [-0.15, -0.1) is 11.3 Å². The Kier molecular flexibility index (Phi) is 5.55. The number of hydrogen-bond donors (Lipinski definition) is 1. The van der Waals surface area contributed by atoms with Gasteiger partial charge < -0.3 is 14.8 Å². The number of aryl methyl sites for hydroxylation is 1. The molecular weight excluding hydrogens is 403 g/mol. The van der Waals surface area contributed by atoms with Gasteiger partial charge >= 0.3 is 0 Å². The van der Waals surface area contributed by atoms with Gasteiger partial charge in [0.15, 0.2) is 11.5 Å². The summed E-state index contributed by atoms with van der Waals surface area (Å²) in [4.78, 5) is 18.4. The van der Waals surface area contributed by atoms with Gasteiger partial charge in [-0.3, -0.25) is 4.79 Å². The summed E-state index contributed by atoms with van der Waals surface area (Å²) < 4.78 is 24.3. The van der Waals surface area contributed by atoms with Crippen LogP contribution in [0.2, 0.25) is 0 Å². The second kappa shape index (κ2) is 8.28. The van der Waals surface area contributed by atoms with Gasteiger partial charge in [-0.05, 0) is 50.3 Å². The molecule has 0 spiro atoms. The molecule has 1 amide bonds. The van der Waals surface area contributed by atoms with Crippen molar-refractivity contribution in [1.82, 2.24) is 10.3 Å². The van der Waals surface area contributed by atoms with Crippen LogP contribution in [-0.2, 0) is 4.79 Å². The Morgan fingerprint density at radius 1 is 1.27 bits per heavy atom. The molecule has 154 valence electrons. The number of carbonyl (C=O) groups is 1. The van der Waals surface area contributed by atoms with Crippen molar-refractivity contribution in [3.63, 3.8) is 0 Å². The fourth-order valence-corrected chi connectivity index (χ4v) is 4.43. The lowest BCUT2D eigenvalue weighted by Crippen LogP contribution is -2.30. The number of methoxy groups -OCH3 is 1. The van der Waals surface area contributed by atoms with E-state index in [0.29, 0.717) is 17.1 Å². The molecule has 0 saturated carbocycles. The fourth-order valence-electron chi connectivity index (χ4n) is 3.35. The predicted molar refractivity (Wildman–Crippen MR) is 115 cm³/mol. The molecule has 30 heavy (non-hydrogen) atoms. The largest absolute Gasteiger partial charge is 0.493 e. The molecule has 1 aliphatic heterocycles. The molecule has 5 nitrogen and oxygen atoms in total. The summed E-state index contributed by atoms with van der Waals surface area (Å²) in [6, 6.07) is 11.6. The minimum absolute atomic E-state index is 0.175. The topological polar surface area (TPSA) is 60.5 Å². The number of halogens is 1. The highest BCUT2D eigenvalue weighted by Crippen LogP contribution is 2.36. The van der Waals surface area contributed by atoms with Crippen molar-refractivity contribution in [2.24, 2.45) is 0 Å². The molecule has 3 aromatic rings. The van der Waals surface area contributed by atoms with Crippen LogP contribution < -0.4 is 14.8 Å². The number of amides is 1. The van der Waals surface area contributed by atoms with Crippen LogP contribution in [0.15, 0.2) is 48.0 Å². The molecule has 4 rings (SSSR count). The van der Waals surface area contributed by atoms with Crippen molar-refractivity contribution in [2.45, 2.75) is 19.9 Å². The zero-order valence-corrected chi connectivity index (χ0v) is 17.7. The average Bonchev–Trinajstić information content (AvgIpc) is 3.15. The molecular formula is C23H21FN2O3S. The van der Waals surface area contributed by atoms with E-state index in [4.69, 9.17) is 9.47 Å². The van der Waals surface area contributed by atoms with E-state index in [2.05, 4.69) is 10.3 Å². The van der Waals surface area contributed by atoms with E-state index in [1.54, 1.807) is 19.2 Å². The quantitative estimate of drug-likeness (QED) is 0.632. The van der Waals surface area contributed by atoms with Crippen LogP contribution in [0.25, 0.3) is 16.6 Å². The normalized spacial score (nSPS) is 13.7. The molecule has 2 aromatic carbocycles. The Hall–Kier alpha value is -3.19. The number of nitrogens with one attached hydrogen (secondary N) is 1. The molecule has 0 aliphatic carbocycles. The SMILES string of the molecule is COc1cccc2c1OCC(C(=O)N[C@H](C)c1sc(-c3ccc(F)cc3)nc1C)=C2. The summed E-state index contributed by atoms with van der Waals surface area (Å²) in [7, 11) is 1.59. The van der Waals surface area contributed by atoms with E-state index < -0.39 is 0 Å². The van der Waals surface area contributed by atoms with Gasteiger partial charge in [0.05, 0.1) is 29.3 Å². The molecule has 1 aromatic heterocycles. The highest BCUT2D eigenvalue weighted by Gasteiger charge is 2.23. The van der Waals surface area contributed by atoms with Crippen LogP contribution in [0.1, 0.15) is 29.1 Å². The predicted octanol–water partition coefficient (Wildman–Crippen LogP) is 4.92. The lowest BCUT2D eigenvalue weighted by atomic mass is 10.1. The molecule has 1 atom stereocenters. The van der Waals surface area contributed by atoms with Gasteiger partial charge in [-0.25, -0.2) is 9.37 Å². The Bertz CT molecular complexity index is 1120. The van der Waals surface area contributed by atoms with Gasteiger partial charge in [-0.2, -0.15) is 0 Å². The first kappa shape index (κ1) is 20.1. The van der Waals surface area contributed by atoms with Crippen molar-refractivity contribution in [1.29, 1.82) is 0 Å². The van der Waals surface area contributed by atoms with Crippen molar-refractivity contribution < 1.29 is 18.7 Å². The molecule has 1 N–H and O–H groups in total. The number of aromatic nitrogens is 1. The van der Waals surface area contributed by atoms with Crippen molar-refractivity contribution >= 4 is 23.3 Å². The number of fused-ring (bicyclic) bond motifs is 1. The lowest BCUT2D eigenvalue weighted by molar-refractivity contribution is -0.118. The molecule has 1 aliphatic rings. The Morgan fingerprint density at radius 2 is 2.03 bits per heavy atom. The second-order valence-electron chi connectivity index (χ2n) is 7.01. The minimum Gasteiger partial charge on any atom is -0.493 e. The third kappa shape index (κ3) is 3.93. The highest BCUT2D eigenvalue weighted by molar-refractivity contribution is 7.15. The summed E-state index contributed by atoms with van der Waals surface area (Å²) in [5.74, 6) is 0.819. The number of ether oxygens (including phenoxy) is 2. The summed E-state index contributed by atoms with van der Waals surface area (Å²) >= 11 is 1.49. The minimum atomic E-state index is -0.282. The van der Waals surface area contributed by atoms with Crippen LogP contribution >= 0.6 is 11.3 Å². The van der Waals surface area contributed by atoms with Gasteiger partial charge in [0.1, 0.15) is 17.4 Å². The van der Waals surface area contributed by atoms with Crippen LogP contribution in [0.3, 0.4) is 0 Å². The van der Waals surface area contributed by atoms with Crippen LogP contribution in [0.5, 0.6) is 11.5 Å². The van der Waals surface area contributed by atoms with Crippen LogP contribution in [-0.4, -0.2) is 24.6 Å². The van der Waals surface area contributed by atoms with Crippen molar-refractivity contribution in [2.75, 3.05) is 13.7 Å². The van der Waals surface area contributed by atoms with E-state index in [0.717, 1.165) is 26.7 Å². The summed E-state index contributed by atoms with van der Waals surface area (Å²) in [5.41, 5.74) is 3.05. The Labute approximate surface area is 178 Å². The van der Waals surface area contributed by atoms with Gasteiger partial charge in [0.2, 0.25) is 0 Å². The monoisotopic (exact) mass is 424 g/mol. The molecule has 0 radical (unpaired) electrons. The van der Waals surface area contributed by atoms with Crippen LogP contribution in [0, 0.1) is 12.7 Å². The van der Waals surface area contributed by atoms with E-state index in [1.807, 2.05) is 38.1 Å². The number of nitrogens with zero attached hydrogens (tertiary/aromatic N) is 1. The van der Waals surface area contributed by atoms with E-state index in [9.17, 15) is 9.18 Å². The van der Waals surface area contributed by atoms with Gasteiger partial charge in [0.25, 0.3) is 5.91 Å². The summed E-state index contributed by atoms with van der Waals surface area (Å²) in [6.45, 7) is 4.01.